The average Bonchev–Trinajstić information content (AvgIpc) is 2.25. The lowest BCUT2D eigenvalue weighted by Gasteiger charge is -1.88. The lowest BCUT2D eigenvalue weighted by atomic mass is 10.4. The van der Waals surface area contributed by atoms with E-state index in [1.807, 2.05) is 42.5 Å². The highest BCUT2D eigenvalue weighted by Gasteiger charge is 1.89. The highest BCUT2D eigenvalue weighted by molar-refractivity contribution is 6.41. The Morgan fingerprint density at radius 1 is 0.562 bits per heavy atom. The molecule has 0 atom stereocenters. The number of hydrogen-bond acceptors (Lipinski definition) is 0. The van der Waals surface area contributed by atoms with Gasteiger partial charge >= 0.3 is 0 Å². The molecule has 0 aliphatic heterocycles. The van der Waals surface area contributed by atoms with Crippen molar-refractivity contribution in [2.75, 3.05) is 0 Å². The largest absolute Gasteiger partial charge is 0.412 e. The van der Waals surface area contributed by atoms with Crippen LogP contribution in [0.1, 0.15) is 0 Å². The van der Waals surface area contributed by atoms with Gasteiger partial charge < -0.3 is 5.48 Å². The Balaban J connectivity index is 0.000000267. The molecule has 2 N–H and O–H groups in total. The summed E-state index contributed by atoms with van der Waals surface area (Å²) in [6.45, 7) is 0. The molecule has 0 spiro atoms. The number of benzene rings is 2. The van der Waals surface area contributed by atoms with Gasteiger partial charge in [0.05, 0.1) is 10.0 Å². The van der Waals surface area contributed by atoms with Crippen molar-refractivity contribution < 1.29 is 5.48 Å². The van der Waals surface area contributed by atoms with Crippen LogP contribution in [0.4, 0.5) is 0 Å². The molecule has 4 heteroatoms. The first-order chi connectivity index (χ1) is 7.20. The molecule has 0 saturated carbocycles. The minimum atomic E-state index is 0. The zero-order valence-electron chi connectivity index (χ0n) is 8.33. The van der Waals surface area contributed by atoms with Gasteiger partial charge in [-0.1, -0.05) is 65.1 Å². The molecule has 0 aliphatic carbocycles. The molecule has 0 aromatic heterocycles. The van der Waals surface area contributed by atoms with Crippen molar-refractivity contribution in [3.05, 3.63) is 69.7 Å². The molecule has 0 unspecified atom stereocenters. The van der Waals surface area contributed by atoms with Crippen molar-refractivity contribution in [2.24, 2.45) is 0 Å². The Kier molecular flexibility index (Phi) is 8.04. The Morgan fingerprint density at radius 3 is 1.19 bits per heavy atom. The second-order valence-electron chi connectivity index (χ2n) is 2.71. The van der Waals surface area contributed by atoms with Crippen molar-refractivity contribution in [1.29, 1.82) is 0 Å². The lowest BCUT2D eigenvalue weighted by molar-refractivity contribution is 0.824. The van der Waals surface area contributed by atoms with Gasteiger partial charge in [0.15, 0.2) is 0 Å². The summed E-state index contributed by atoms with van der Waals surface area (Å²) in [5.74, 6) is 0. The summed E-state index contributed by atoms with van der Waals surface area (Å²) in [6.07, 6.45) is 0. The fraction of sp³-hybridized carbons (Fsp3) is 0. The van der Waals surface area contributed by atoms with Gasteiger partial charge in [-0.15, -0.1) is 0 Å². The highest BCUT2D eigenvalue weighted by atomic mass is 35.5. The van der Waals surface area contributed by atoms with Crippen LogP contribution in [0.15, 0.2) is 54.6 Å². The molecule has 86 valence electrons. The molecule has 2 rings (SSSR count). The van der Waals surface area contributed by atoms with Gasteiger partial charge in [0, 0.05) is 5.02 Å². The molecule has 2 aromatic carbocycles. The molecule has 16 heavy (non-hydrogen) atoms. The normalized spacial score (nSPS) is 8.44. The number of halogens is 3. The summed E-state index contributed by atoms with van der Waals surface area (Å²) in [6, 6.07) is 16.6. The highest BCUT2D eigenvalue weighted by Crippen LogP contribution is 2.19. The molecule has 0 heterocycles. The van der Waals surface area contributed by atoms with Crippen LogP contribution < -0.4 is 0 Å². The van der Waals surface area contributed by atoms with Gasteiger partial charge in [0.25, 0.3) is 0 Å². The van der Waals surface area contributed by atoms with Crippen LogP contribution in [0.3, 0.4) is 0 Å². The number of rotatable bonds is 0. The van der Waals surface area contributed by atoms with Crippen LogP contribution >= 0.6 is 34.8 Å². The molecule has 0 fully saturated rings. The van der Waals surface area contributed by atoms with E-state index in [1.165, 1.54) is 0 Å². The number of hydrogen-bond donors (Lipinski definition) is 0. The van der Waals surface area contributed by atoms with Crippen molar-refractivity contribution in [2.45, 2.75) is 0 Å². The van der Waals surface area contributed by atoms with Crippen LogP contribution in [0, 0.1) is 0 Å². The summed E-state index contributed by atoms with van der Waals surface area (Å²) < 4.78 is 0. The van der Waals surface area contributed by atoms with Crippen LogP contribution in [-0.4, -0.2) is 5.48 Å². The van der Waals surface area contributed by atoms with Crippen molar-refractivity contribution >= 4 is 34.8 Å². The maximum absolute atomic E-state index is 5.58. The molecule has 0 radical (unpaired) electrons. The third kappa shape index (κ3) is 5.99. The maximum Gasteiger partial charge on any atom is 0.0592 e. The molecule has 0 amide bonds. The molecule has 0 saturated heterocycles. The first-order valence-corrected chi connectivity index (χ1v) is 5.44. The molecular formula is C12H11Cl3O. The van der Waals surface area contributed by atoms with Crippen LogP contribution in [0.25, 0.3) is 0 Å². The summed E-state index contributed by atoms with van der Waals surface area (Å²) in [5, 5.41) is 2.01. The van der Waals surface area contributed by atoms with E-state index in [-0.39, 0.29) is 5.48 Å². The topological polar surface area (TPSA) is 31.5 Å². The van der Waals surface area contributed by atoms with E-state index in [4.69, 9.17) is 34.8 Å². The van der Waals surface area contributed by atoms with E-state index in [0.29, 0.717) is 10.0 Å². The van der Waals surface area contributed by atoms with Crippen LogP contribution in [0.2, 0.25) is 15.1 Å². The van der Waals surface area contributed by atoms with Gasteiger partial charge in [0.2, 0.25) is 0 Å². The summed E-state index contributed by atoms with van der Waals surface area (Å²) >= 11 is 16.7. The lowest BCUT2D eigenvalue weighted by Crippen LogP contribution is -1.62. The summed E-state index contributed by atoms with van der Waals surface area (Å²) in [4.78, 5) is 0. The SMILES string of the molecule is Clc1ccccc1.Clc1ccccc1Cl.O. The Hall–Kier alpha value is -0.730. The first-order valence-electron chi connectivity index (χ1n) is 4.30. The Labute approximate surface area is 110 Å². The van der Waals surface area contributed by atoms with Gasteiger partial charge in [-0.25, -0.2) is 0 Å². The van der Waals surface area contributed by atoms with Crippen LogP contribution in [-0.2, 0) is 0 Å². The zero-order chi connectivity index (χ0) is 11.1. The van der Waals surface area contributed by atoms with Crippen molar-refractivity contribution in [1.82, 2.24) is 0 Å². The fourth-order valence-electron chi connectivity index (χ4n) is 0.854. The first kappa shape index (κ1) is 15.3. The predicted molar refractivity (Wildman–Crippen MR) is 71.5 cm³/mol. The molecule has 1 nitrogen and oxygen atoms in total. The summed E-state index contributed by atoms with van der Waals surface area (Å²) in [5.41, 5.74) is 0. The van der Waals surface area contributed by atoms with E-state index in [9.17, 15) is 0 Å². The third-order valence-corrected chi connectivity index (χ3v) is 2.57. The molecule has 0 aliphatic rings. The van der Waals surface area contributed by atoms with Gasteiger partial charge in [-0.2, -0.15) is 0 Å². The van der Waals surface area contributed by atoms with E-state index in [1.54, 1.807) is 12.1 Å². The monoisotopic (exact) mass is 276 g/mol. The van der Waals surface area contributed by atoms with Gasteiger partial charge in [-0.05, 0) is 24.3 Å². The van der Waals surface area contributed by atoms with E-state index >= 15 is 0 Å². The van der Waals surface area contributed by atoms with E-state index in [2.05, 4.69) is 0 Å². The molecule has 2 aromatic rings. The second-order valence-corrected chi connectivity index (χ2v) is 3.96. The molecule has 0 bridgehead atoms. The van der Waals surface area contributed by atoms with Gasteiger partial charge in [-0.3, -0.25) is 0 Å². The standard InChI is InChI=1S/C6H4Cl2.C6H5Cl.H2O/c7-5-3-1-2-4-6(5)8;7-6-4-2-1-3-5-6;/h1-4H;1-5H;1H2. The molecular weight excluding hydrogens is 266 g/mol. The Morgan fingerprint density at radius 2 is 0.938 bits per heavy atom. The van der Waals surface area contributed by atoms with Crippen molar-refractivity contribution in [3.8, 4) is 0 Å². The van der Waals surface area contributed by atoms with Crippen molar-refractivity contribution in [3.63, 3.8) is 0 Å². The minimum absolute atomic E-state index is 0. The third-order valence-electron chi connectivity index (χ3n) is 1.56. The average molecular weight is 278 g/mol. The zero-order valence-corrected chi connectivity index (χ0v) is 10.6. The predicted octanol–water partition coefficient (Wildman–Crippen LogP) is 4.51. The fourth-order valence-corrected chi connectivity index (χ4v) is 1.27. The Bertz CT molecular complexity index is 383. The minimum Gasteiger partial charge on any atom is -0.412 e. The van der Waals surface area contributed by atoms with E-state index < -0.39 is 0 Å². The second kappa shape index (κ2) is 8.43. The van der Waals surface area contributed by atoms with E-state index in [0.717, 1.165) is 5.02 Å². The maximum atomic E-state index is 5.58. The van der Waals surface area contributed by atoms with Gasteiger partial charge in [0.1, 0.15) is 0 Å². The smallest absolute Gasteiger partial charge is 0.0592 e. The quantitative estimate of drug-likeness (QED) is 0.678. The van der Waals surface area contributed by atoms with Crippen LogP contribution in [0.5, 0.6) is 0 Å². The summed E-state index contributed by atoms with van der Waals surface area (Å²) in [7, 11) is 0.